The Kier molecular flexibility index (Phi) is 10.5. The molecule has 0 fully saturated rings. The van der Waals surface area contributed by atoms with E-state index in [-0.39, 0.29) is 23.9 Å². The summed E-state index contributed by atoms with van der Waals surface area (Å²) in [4.78, 5) is 54.2. The van der Waals surface area contributed by atoms with Crippen LogP contribution in [0.3, 0.4) is 0 Å². The van der Waals surface area contributed by atoms with Gasteiger partial charge in [-0.3, -0.25) is 14.5 Å². The second kappa shape index (κ2) is 14.0. The Morgan fingerprint density at radius 3 is 2.22 bits per heavy atom. The van der Waals surface area contributed by atoms with Gasteiger partial charge in [-0.25, -0.2) is 9.59 Å². The topological polar surface area (TPSA) is 117 Å². The number of carbonyl (C=O) groups excluding carboxylic acids is 4. The molecule has 0 saturated heterocycles. The molecule has 216 valence electrons. The number of nitrogens with zero attached hydrogens (tertiary/aromatic N) is 2. The van der Waals surface area contributed by atoms with E-state index in [9.17, 15) is 19.2 Å². The molecule has 3 aromatic rings. The highest BCUT2D eigenvalue weighted by atomic mass is 16.6. The molecule has 10 nitrogen and oxygen atoms in total. The van der Waals surface area contributed by atoms with Crippen molar-refractivity contribution in [1.29, 1.82) is 0 Å². The van der Waals surface area contributed by atoms with E-state index >= 15 is 0 Å². The highest BCUT2D eigenvalue weighted by Gasteiger charge is 2.25. The largest absolute Gasteiger partial charge is 0.480 e. The highest BCUT2D eigenvalue weighted by Crippen LogP contribution is 2.29. The van der Waals surface area contributed by atoms with Crippen LogP contribution in [0, 0.1) is 6.92 Å². The molecule has 2 N–H and O–H groups in total. The second-order valence-corrected chi connectivity index (χ2v) is 10.3. The van der Waals surface area contributed by atoms with E-state index in [1.807, 2.05) is 19.1 Å². The molecular formula is C31H36N4O6. The fraction of sp³-hybridized carbons (Fsp3) is 0.290. The van der Waals surface area contributed by atoms with Gasteiger partial charge in [-0.2, -0.15) is 0 Å². The van der Waals surface area contributed by atoms with Crippen molar-refractivity contribution in [3.05, 3.63) is 84.4 Å². The van der Waals surface area contributed by atoms with Gasteiger partial charge in [-0.15, -0.1) is 0 Å². The zero-order valence-electron chi connectivity index (χ0n) is 24.0. The van der Waals surface area contributed by atoms with Crippen LogP contribution < -0.4 is 25.2 Å². The van der Waals surface area contributed by atoms with Crippen molar-refractivity contribution in [3.63, 3.8) is 0 Å². The number of ether oxygens (including phenoxy) is 2. The number of esters is 1. The van der Waals surface area contributed by atoms with Crippen LogP contribution in [0.25, 0.3) is 0 Å². The third-order valence-corrected chi connectivity index (χ3v) is 5.71. The normalized spacial score (nSPS) is 10.8. The van der Waals surface area contributed by atoms with E-state index in [0.717, 1.165) is 5.56 Å². The first-order valence-electron chi connectivity index (χ1n) is 13.1. The minimum Gasteiger partial charge on any atom is -0.480 e. The zero-order valence-corrected chi connectivity index (χ0v) is 24.0. The summed E-state index contributed by atoms with van der Waals surface area (Å²) in [5, 5.41) is 5.24. The van der Waals surface area contributed by atoms with Crippen LogP contribution in [0.4, 0.5) is 21.9 Å². The number of carbonyl (C=O) groups is 4. The predicted octanol–water partition coefficient (Wildman–Crippen LogP) is 4.53. The summed E-state index contributed by atoms with van der Waals surface area (Å²) < 4.78 is 11.0. The Morgan fingerprint density at radius 1 is 0.854 bits per heavy atom. The third-order valence-electron chi connectivity index (χ3n) is 5.71. The van der Waals surface area contributed by atoms with Gasteiger partial charge in [0, 0.05) is 18.4 Å². The van der Waals surface area contributed by atoms with Crippen molar-refractivity contribution in [3.8, 4) is 5.75 Å². The molecule has 0 aliphatic heterocycles. The molecule has 0 atom stereocenters. The van der Waals surface area contributed by atoms with Crippen molar-refractivity contribution >= 4 is 40.9 Å². The van der Waals surface area contributed by atoms with E-state index < -0.39 is 36.7 Å². The Balaban J connectivity index is 1.80. The fourth-order valence-corrected chi connectivity index (χ4v) is 3.80. The average Bonchev–Trinajstić information content (AvgIpc) is 2.93. The molecule has 0 radical (unpaired) electrons. The minimum absolute atomic E-state index is 0.200. The van der Waals surface area contributed by atoms with Crippen LogP contribution in [-0.2, 0) is 19.1 Å². The van der Waals surface area contributed by atoms with Crippen molar-refractivity contribution in [2.45, 2.75) is 33.3 Å². The van der Waals surface area contributed by atoms with Crippen molar-refractivity contribution in [1.82, 2.24) is 5.32 Å². The monoisotopic (exact) mass is 560 g/mol. The van der Waals surface area contributed by atoms with Crippen LogP contribution in [0.15, 0.2) is 78.9 Å². The summed E-state index contributed by atoms with van der Waals surface area (Å²) >= 11 is 0. The van der Waals surface area contributed by atoms with Crippen LogP contribution in [0.1, 0.15) is 26.3 Å². The Bertz CT molecular complexity index is 1370. The fourth-order valence-electron chi connectivity index (χ4n) is 3.80. The maximum absolute atomic E-state index is 13.5. The number of aryl methyl sites for hydroxylation is 1. The van der Waals surface area contributed by atoms with Crippen molar-refractivity contribution in [2.75, 3.05) is 41.9 Å². The van der Waals surface area contributed by atoms with Gasteiger partial charge in [0.25, 0.3) is 0 Å². The van der Waals surface area contributed by atoms with E-state index in [4.69, 9.17) is 9.47 Å². The first-order chi connectivity index (χ1) is 19.4. The van der Waals surface area contributed by atoms with Gasteiger partial charge in [0.15, 0.2) is 6.61 Å². The number of rotatable bonds is 10. The number of benzene rings is 3. The molecule has 41 heavy (non-hydrogen) atoms. The van der Waals surface area contributed by atoms with Gasteiger partial charge >= 0.3 is 12.0 Å². The SMILES string of the molecule is Cc1cccc(NC(=O)NCC(=O)N(CC(=O)N(C)c2ccccc2)c2ccccc2OCC(=O)OC(C)(C)C)c1. The maximum atomic E-state index is 13.5. The van der Waals surface area contributed by atoms with E-state index in [1.165, 1.54) is 9.80 Å². The van der Waals surface area contributed by atoms with Crippen molar-refractivity contribution in [2.24, 2.45) is 0 Å². The Morgan fingerprint density at radius 2 is 1.54 bits per heavy atom. The lowest BCUT2D eigenvalue weighted by Gasteiger charge is -2.27. The molecule has 0 aliphatic rings. The summed E-state index contributed by atoms with van der Waals surface area (Å²) in [5.41, 5.74) is 1.76. The highest BCUT2D eigenvalue weighted by molar-refractivity contribution is 6.06. The van der Waals surface area contributed by atoms with Crippen molar-refractivity contribution < 1.29 is 28.7 Å². The summed E-state index contributed by atoms with van der Waals surface area (Å²) in [5.74, 6) is -1.33. The minimum atomic E-state index is -0.693. The van der Waals surface area contributed by atoms with Gasteiger partial charge in [-0.05, 0) is 69.7 Å². The third kappa shape index (κ3) is 9.68. The number of hydrogen-bond acceptors (Lipinski definition) is 6. The van der Waals surface area contributed by atoms with Gasteiger partial charge in [0.2, 0.25) is 11.8 Å². The second-order valence-electron chi connectivity index (χ2n) is 10.3. The quantitative estimate of drug-likeness (QED) is 0.352. The van der Waals surface area contributed by atoms with Gasteiger partial charge in [0.1, 0.15) is 17.9 Å². The van der Waals surface area contributed by atoms with E-state index in [1.54, 1.807) is 94.5 Å². The predicted molar refractivity (Wildman–Crippen MR) is 158 cm³/mol. The number of nitrogens with one attached hydrogen (secondary N) is 2. The van der Waals surface area contributed by atoms with Crippen LogP contribution >= 0.6 is 0 Å². The number of para-hydroxylation sites is 3. The zero-order chi connectivity index (χ0) is 30.0. The molecule has 0 saturated carbocycles. The summed E-state index contributed by atoms with van der Waals surface area (Å²) in [6.45, 7) is 5.99. The van der Waals surface area contributed by atoms with Crippen LogP contribution in [-0.4, -0.2) is 56.2 Å². The molecule has 3 rings (SSSR count). The summed E-state index contributed by atoms with van der Waals surface area (Å²) in [7, 11) is 1.61. The standard InChI is InChI=1S/C31H36N4O6/c1-22-12-11-13-23(18-22)33-30(39)32-19-27(36)35(20-28(37)34(5)24-14-7-6-8-15-24)25-16-9-10-17-26(25)40-21-29(38)41-31(2,3)4/h6-18H,19-21H2,1-5H3,(H2,32,33,39). The lowest BCUT2D eigenvalue weighted by atomic mass is 10.2. The van der Waals surface area contributed by atoms with E-state index in [2.05, 4.69) is 10.6 Å². The Labute approximate surface area is 240 Å². The summed E-state index contributed by atoms with van der Waals surface area (Å²) in [6.07, 6.45) is 0. The molecule has 10 heteroatoms. The molecule has 0 bridgehead atoms. The van der Waals surface area contributed by atoms with Gasteiger partial charge < -0.3 is 25.0 Å². The number of likely N-dealkylation sites (N-methyl/N-ethyl adjacent to an activating group) is 1. The van der Waals surface area contributed by atoms with Crippen LogP contribution in [0.2, 0.25) is 0 Å². The molecule has 3 aromatic carbocycles. The molecule has 0 aromatic heterocycles. The molecule has 4 amide bonds. The molecule has 0 unspecified atom stereocenters. The number of urea groups is 1. The lowest BCUT2D eigenvalue weighted by Crippen LogP contribution is -2.46. The van der Waals surface area contributed by atoms with Gasteiger partial charge in [-0.1, -0.05) is 42.5 Å². The molecule has 0 aliphatic carbocycles. The molecular weight excluding hydrogens is 524 g/mol. The lowest BCUT2D eigenvalue weighted by molar-refractivity contribution is -0.157. The van der Waals surface area contributed by atoms with Gasteiger partial charge in [0.05, 0.1) is 12.2 Å². The number of hydrogen-bond donors (Lipinski definition) is 2. The number of anilines is 3. The van der Waals surface area contributed by atoms with Crippen LogP contribution in [0.5, 0.6) is 5.75 Å². The average molecular weight is 561 g/mol. The number of amides is 4. The summed E-state index contributed by atoms with van der Waals surface area (Å²) in [6, 6.07) is 22.2. The van der Waals surface area contributed by atoms with E-state index in [0.29, 0.717) is 11.4 Å². The first kappa shape index (κ1) is 30.7. The smallest absolute Gasteiger partial charge is 0.344 e. The molecule has 0 heterocycles. The Hall–Kier alpha value is -4.86. The maximum Gasteiger partial charge on any atom is 0.344 e. The molecule has 0 spiro atoms. The first-order valence-corrected chi connectivity index (χ1v) is 13.1.